The number of pyridine rings is 2. The monoisotopic (exact) mass is 712 g/mol. The van der Waals surface area contributed by atoms with Crippen LogP contribution in [0.5, 0.6) is 5.75 Å². The molecule has 0 aliphatic carbocycles. The van der Waals surface area contributed by atoms with Gasteiger partial charge in [-0.3, -0.25) is 22.9 Å². The second-order valence-corrected chi connectivity index (χ2v) is 14.6. The van der Waals surface area contributed by atoms with E-state index < -0.39 is 15.7 Å². The van der Waals surface area contributed by atoms with Gasteiger partial charge in [0.25, 0.3) is 21.2 Å². The molecule has 0 saturated carbocycles. The van der Waals surface area contributed by atoms with Crippen LogP contribution in [0.3, 0.4) is 0 Å². The summed E-state index contributed by atoms with van der Waals surface area (Å²) in [5.74, 6) is -0.111. The minimum absolute atomic E-state index is 0.111. The molecule has 0 fully saturated rings. The summed E-state index contributed by atoms with van der Waals surface area (Å²) in [5.41, 5.74) is 1.65. The van der Waals surface area contributed by atoms with Crippen LogP contribution in [0.25, 0.3) is 98.0 Å². The molecular formula is C36H16N4O9S2. The Balaban J connectivity index is 1.29. The first kappa shape index (κ1) is 28.9. The number of nitrogens with zero attached hydrogens (tertiary/aromatic N) is 4. The zero-order valence-corrected chi connectivity index (χ0v) is 27.0. The predicted octanol–water partition coefficient (Wildman–Crippen LogP) is 6.62. The van der Waals surface area contributed by atoms with Crippen LogP contribution in [0, 0.1) is 0 Å². The van der Waals surface area contributed by atoms with Crippen LogP contribution < -0.4 is 11.1 Å². The minimum atomic E-state index is -4.53. The SMILES string of the molecule is O=c1c2ccc3c4ccc5c6c(cc(O)c(c7ccc(c2c37)c2nc3ccc(S(=O)(=O)O)cc3n12)c46)c(=O)n1c2cc(SOOO)ccc2nc51. The average molecular weight is 713 g/mol. The smallest absolute Gasteiger partial charge is 0.294 e. The van der Waals surface area contributed by atoms with Crippen molar-refractivity contribution < 1.29 is 32.7 Å². The Bertz CT molecular complexity index is 3620. The lowest BCUT2D eigenvalue weighted by atomic mass is 9.85. The van der Waals surface area contributed by atoms with Crippen molar-refractivity contribution in [3.63, 3.8) is 0 Å². The summed E-state index contributed by atoms with van der Waals surface area (Å²) >= 11 is 0.763. The van der Waals surface area contributed by atoms with Crippen LogP contribution in [-0.2, 0) is 19.5 Å². The summed E-state index contributed by atoms with van der Waals surface area (Å²) in [6.07, 6.45) is 0. The first-order valence-electron chi connectivity index (χ1n) is 15.3. The maximum Gasteiger partial charge on any atom is 0.294 e. The van der Waals surface area contributed by atoms with Crippen LogP contribution >= 0.6 is 12.0 Å². The van der Waals surface area contributed by atoms with Gasteiger partial charge in [0.1, 0.15) is 17.0 Å². The topological polar surface area (TPSA) is 182 Å². The molecule has 13 nitrogen and oxygen atoms in total. The molecule has 0 amide bonds. The number of phenols is 1. The number of aromatic hydroxyl groups is 1. The molecule has 0 radical (unpaired) electrons. The minimum Gasteiger partial charge on any atom is -0.507 e. The fraction of sp³-hybridized carbons (Fsp3) is 0. The highest BCUT2D eigenvalue weighted by Gasteiger charge is 2.26. The van der Waals surface area contributed by atoms with Gasteiger partial charge >= 0.3 is 0 Å². The van der Waals surface area contributed by atoms with Gasteiger partial charge in [-0.25, -0.2) is 15.2 Å². The number of hydrogen-bond acceptors (Lipinski definition) is 11. The Labute approximate surface area is 285 Å². The molecule has 11 rings (SSSR count). The third-order valence-corrected chi connectivity index (χ3v) is 11.5. The molecule has 11 aromatic rings. The summed E-state index contributed by atoms with van der Waals surface area (Å²) in [6, 6.07) is 21.6. The molecule has 0 atom stereocenters. The Kier molecular flexibility index (Phi) is 5.34. The molecule has 0 saturated heterocycles. The van der Waals surface area contributed by atoms with Gasteiger partial charge in [-0.1, -0.05) is 23.2 Å². The van der Waals surface area contributed by atoms with Gasteiger partial charge in [-0.15, -0.1) is 4.33 Å². The highest BCUT2D eigenvalue weighted by atomic mass is 32.2. The van der Waals surface area contributed by atoms with Gasteiger partial charge in [0.15, 0.2) is 0 Å². The van der Waals surface area contributed by atoms with E-state index in [1.165, 1.54) is 33.1 Å². The zero-order valence-electron chi connectivity index (χ0n) is 25.4. The van der Waals surface area contributed by atoms with E-state index in [4.69, 9.17) is 15.2 Å². The van der Waals surface area contributed by atoms with E-state index in [1.807, 2.05) is 30.3 Å². The number of fused-ring (bicyclic) bond motifs is 10. The molecular weight excluding hydrogens is 697 g/mol. The van der Waals surface area contributed by atoms with Crippen LogP contribution in [0.1, 0.15) is 0 Å². The van der Waals surface area contributed by atoms with E-state index in [0.717, 1.165) is 28.2 Å². The number of aromatic nitrogens is 4. The Morgan fingerprint density at radius 2 is 1.16 bits per heavy atom. The van der Waals surface area contributed by atoms with Gasteiger partial charge in [0.2, 0.25) is 0 Å². The molecule has 15 heteroatoms. The number of benzene rings is 7. The van der Waals surface area contributed by atoms with E-state index in [9.17, 15) is 27.7 Å². The average Bonchev–Trinajstić information content (AvgIpc) is 3.70. The van der Waals surface area contributed by atoms with Crippen LogP contribution in [0.4, 0.5) is 0 Å². The fourth-order valence-corrected chi connectivity index (χ4v) is 8.98. The summed E-state index contributed by atoms with van der Waals surface area (Å²) in [4.78, 5) is 38.2. The second kappa shape index (κ2) is 9.43. The molecule has 4 aromatic heterocycles. The second-order valence-electron chi connectivity index (χ2n) is 12.5. The highest BCUT2D eigenvalue weighted by molar-refractivity contribution is 7.94. The van der Waals surface area contributed by atoms with Crippen molar-refractivity contribution in [1.29, 1.82) is 0 Å². The molecule has 0 aliphatic rings. The molecule has 0 aliphatic heterocycles. The van der Waals surface area contributed by atoms with Crippen molar-refractivity contribution in [3.05, 3.63) is 99.6 Å². The Hall–Kier alpha value is -5.94. The summed E-state index contributed by atoms with van der Waals surface area (Å²) in [5, 5.41) is 31.5. The summed E-state index contributed by atoms with van der Waals surface area (Å²) in [7, 11) is -4.53. The Morgan fingerprint density at radius 1 is 0.608 bits per heavy atom. The maximum absolute atomic E-state index is 14.3. The van der Waals surface area contributed by atoms with Crippen LogP contribution in [-0.4, -0.2) is 42.1 Å². The van der Waals surface area contributed by atoms with E-state index >= 15 is 0 Å². The quantitative estimate of drug-likeness (QED) is 0.0443. The number of hydrogen-bond donors (Lipinski definition) is 3. The van der Waals surface area contributed by atoms with Crippen molar-refractivity contribution in [3.8, 4) is 5.75 Å². The molecule has 4 heterocycles. The van der Waals surface area contributed by atoms with Crippen LogP contribution in [0.2, 0.25) is 0 Å². The largest absolute Gasteiger partial charge is 0.507 e. The lowest BCUT2D eigenvalue weighted by Crippen LogP contribution is -2.14. The molecule has 51 heavy (non-hydrogen) atoms. The van der Waals surface area contributed by atoms with E-state index in [0.29, 0.717) is 81.2 Å². The molecule has 3 N–H and O–H groups in total. The van der Waals surface area contributed by atoms with Crippen molar-refractivity contribution >= 4 is 120 Å². The Morgan fingerprint density at radius 3 is 1.84 bits per heavy atom. The predicted molar refractivity (Wildman–Crippen MR) is 192 cm³/mol. The molecule has 0 spiro atoms. The van der Waals surface area contributed by atoms with E-state index in [1.54, 1.807) is 24.3 Å². The first-order chi connectivity index (χ1) is 24.6. The van der Waals surface area contributed by atoms with Gasteiger partial charge in [-0.05, 0) is 82.2 Å². The fourth-order valence-electron chi connectivity index (χ4n) is 8.09. The normalized spacial score (nSPS) is 13.1. The number of phenolic OH excluding ortho intramolecular Hbond substituents is 1. The third kappa shape index (κ3) is 3.51. The van der Waals surface area contributed by atoms with Gasteiger partial charge in [0, 0.05) is 42.6 Å². The first-order valence-corrected chi connectivity index (χ1v) is 17.5. The maximum atomic E-state index is 14.3. The third-order valence-electron chi connectivity index (χ3n) is 10.0. The highest BCUT2D eigenvalue weighted by Crippen LogP contribution is 2.48. The zero-order chi connectivity index (χ0) is 34.7. The lowest BCUT2D eigenvalue weighted by molar-refractivity contribution is -0.432. The number of imidazole rings is 2. The summed E-state index contributed by atoms with van der Waals surface area (Å²) < 4.78 is 41.0. The van der Waals surface area contributed by atoms with Crippen molar-refractivity contribution in [2.24, 2.45) is 0 Å². The van der Waals surface area contributed by atoms with Gasteiger partial charge in [-0.2, -0.15) is 8.42 Å². The number of rotatable bonds is 4. The van der Waals surface area contributed by atoms with E-state index in [2.05, 4.69) is 9.37 Å². The molecule has 0 bridgehead atoms. The van der Waals surface area contributed by atoms with Crippen molar-refractivity contribution in [1.82, 2.24) is 18.8 Å². The molecule has 246 valence electrons. The van der Waals surface area contributed by atoms with Gasteiger partial charge < -0.3 is 5.11 Å². The molecule has 0 unspecified atom stereocenters. The van der Waals surface area contributed by atoms with Crippen molar-refractivity contribution in [2.45, 2.75) is 9.79 Å². The van der Waals surface area contributed by atoms with E-state index in [-0.39, 0.29) is 21.7 Å². The van der Waals surface area contributed by atoms with Crippen molar-refractivity contribution in [2.75, 3.05) is 0 Å². The van der Waals surface area contributed by atoms with Gasteiger partial charge in [0.05, 0.1) is 44.4 Å². The standard InChI is InChI=1S/C36H16N4O9S2/c41-27-13-22-30-20(34-37-23-9-1-14(50-49-48-44)11-25(23)39(34)36(22)43)6-3-17-16-4-8-21-29-19(7-5-18(28(16)29)31(27)32(17)30)33-38-24-10-2-15(51(45,46)47)12-26(24)40(33)35(21)42/h1-13,41,44H,(H,45,46,47). The molecule has 7 aromatic carbocycles. The van der Waals surface area contributed by atoms with Crippen LogP contribution in [0.15, 0.2) is 98.2 Å². The lowest BCUT2D eigenvalue weighted by Gasteiger charge is -2.19. The summed E-state index contributed by atoms with van der Waals surface area (Å²) in [6.45, 7) is 0.